The lowest BCUT2D eigenvalue weighted by Gasteiger charge is -1.97. The van der Waals surface area contributed by atoms with Crippen molar-refractivity contribution in [3.05, 3.63) is 30.1 Å². The molecule has 1 aromatic heterocycles. The van der Waals surface area contributed by atoms with Gasteiger partial charge in [0.25, 0.3) is 0 Å². The van der Waals surface area contributed by atoms with Crippen molar-refractivity contribution in [3.8, 4) is 0 Å². The van der Waals surface area contributed by atoms with Crippen LogP contribution in [0.3, 0.4) is 0 Å². The molecule has 3 heteroatoms. The Labute approximate surface area is 84.6 Å². The molecule has 0 fully saturated rings. The molecule has 0 unspecified atom stereocenters. The molecule has 1 rings (SSSR count). The summed E-state index contributed by atoms with van der Waals surface area (Å²) in [6.07, 6.45) is 7.06. The average Bonchev–Trinajstić information content (AvgIpc) is 2.07. The summed E-state index contributed by atoms with van der Waals surface area (Å²) in [5.74, 6) is 0.764. The van der Waals surface area contributed by atoms with Gasteiger partial charge in [-0.05, 0) is 30.9 Å². The highest BCUT2D eigenvalue weighted by Crippen LogP contribution is 2.02. The molecule has 0 saturated heterocycles. The number of hydrogen-bond donors (Lipinski definition) is 0. The Balaban J connectivity index is 0.00000121. The maximum absolute atomic E-state index is 5.55. The summed E-state index contributed by atoms with van der Waals surface area (Å²) < 4.78 is 0. The van der Waals surface area contributed by atoms with Crippen LogP contribution in [0.4, 0.5) is 0 Å². The maximum atomic E-state index is 5.55. The molecule has 0 amide bonds. The van der Waals surface area contributed by atoms with E-state index in [1.807, 2.05) is 12.3 Å². The van der Waals surface area contributed by atoms with Crippen molar-refractivity contribution in [1.29, 1.82) is 0 Å². The summed E-state index contributed by atoms with van der Waals surface area (Å²) in [6.45, 7) is 0. The van der Waals surface area contributed by atoms with Crippen molar-refractivity contribution in [2.45, 2.75) is 19.3 Å². The molecule has 68 valence electrons. The van der Waals surface area contributed by atoms with Crippen LogP contribution in [0, 0.1) is 0 Å². The molecular formula is C9H13Cl2N. The predicted molar refractivity (Wildman–Crippen MR) is 55.1 cm³/mol. The first-order valence-corrected chi connectivity index (χ1v) is 4.42. The highest BCUT2D eigenvalue weighted by molar-refractivity contribution is 6.17. The molecular weight excluding hydrogens is 193 g/mol. The smallest absolute Gasteiger partial charge is 0.0299 e. The van der Waals surface area contributed by atoms with Gasteiger partial charge in [0.2, 0.25) is 0 Å². The molecule has 1 heterocycles. The Morgan fingerprint density at radius 3 is 2.75 bits per heavy atom. The van der Waals surface area contributed by atoms with Crippen molar-refractivity contribution in [3.63, 3.8) is 0 Å². The van der Waals surface area contributed by atoms with Crippen LogP contribution < -0.4 is 0 Å². The normalized spacial score (nSPS) is 9.08. The third kappa shape index (κ3) is 4.58. The Morgan fingerprint density at radius 2 is 2.17 bits per heavy atom. The molecule has 1 nitrogen and oxygen atoms in total. The molecule has 12 heavy (non-hydrogen) atoms. The van der Waals surface area contributed by atoms with E-state index in [1.165, 1.54) is 5.56 Å². The van der Waals surface area contributed by atoms with Crippen molar-refractivity contribution in [1.82, 2.24) is 4.98 Å². The molecule has 0 saturated carbocycles. The lowest BCUT2D eigenvalue weighted by Crippen LogP contribution is -1.86. The monoisotopic (exact) mass is 205 g/mol. The topological polar surface area (TPSA) is 12.9 Å². The zero-order valence-corrected chi connectivity index (χ0v) is 8.44. The lowest BCUT2D eigenvalue weighted by molar-refractivity contribution is 0.797. The molecule has 0 bridgehead atoms. The van der Waals surface area contributed by atoms with E-state index in [4.69, 9.17) is 11.6 Å². The number of pyridine rings is 1. The standard InChI is InChI=1S/C9H12ClN.ClH/c10-6-2-1-4-9-5-3-7-11-8-9;/h3,5,7-8H,1-2,4,6H2;1H. The lowest BCUT2D eigenvalue weighted by atomic mass is 10.1. The summed E-state index contributed by atoms with van der Waals surface area (Å²) in [6, 6.07) is 4.07. The predicted octanol–water partition coefficient (Wildman–Crippen LogP) is 3.06. The second-order valence-electron chi connectivity index (χ2n) is 2.51. The Morgan fingerprint density at radius 1 is 1.33 bits per heavy atom. The summed E-state index contributed by atoms with van der Waals surface area (Å²) in [7, 11) is 0. The van der Waals surface area contributed by atoms with Gasteiger partial charge in [-0.2, -0.15) is 0 Å². The van der Waals surface area contributed by atoms with E-state index >= 15 is 0 Å². The Bertz CT molecular complexity index is 189. The Hall–Kier alpha value is -0.270. The van der Waals surface area contributed by atoms with Gasteiger partial charge >= 0.3 is 0 Å². The first-order chi connectivity index (χ1) is 5.43. The third-order valence-corrected chi connectivity index (χ3v) is 1.84. The van der Waals surface area contributed by atoms with E-state index in [1.54, 1.807) is 6.20 Å². The van der Waals surface area contributed by atoms with Crippen molar-refractivity contribution >= 4 is 24.0 Å². The van der Waals surface area contributed by atoms with Gasteiger partial charge in [-0.1, -0.05) is 6.07 Å². The second-order valence-corrected chi connectivity index (χ2v) is 2.89. The van der Waals surface area contributed by atoms with E-state index in [-0.39, 0.29) is 12.4 Å². The van der Waals surface area contributed by atoms with Gasteiger partial charge < -0.3 is 0 Å². The van der Waals surface area contributed by atoms with Gasteiger partial charge in [-0.3, -0.25) is 4.98 Å². The zero-order chi connectivity index (χ0) is 7.94. The van der Waals surface area contributed by atoms with Gasteiger partial charge in [0.05, 0.1) is 0 Å². The van der Waals surface area contributed by atoms with Crippen LogP contribution in [0.5, 0.6) is 0 Å². The minimum Gasteiger partial charge on any atom is -0.264 e. The SMILES string of the molecule is Cl.ClCCCCc1cccnc1. The number of halogens is 2. The van der Waals surface area contributed by atoms with Crippen molar-refractivity contribution in [2.24, 2.45) is 0 Å². The van der Waals surface area contributed by atoms with Gasteiger partial charge in [0, 0.05) is 18.3 Å². The first-order valence-electron chi connectivity index (χ1n) is 3.88. The fraction of sp³-hybridized carbons (Fsp3) is 0.444. The number of alkyl halides is 1. The van der Waals surface area contributed by atoms with Crippen LogP contribution in [-0.2, 0) is 6.42 Å². The number of aryl methyl sites for hydroxylation is 1. The second kappa shape index (κ2) is 7.38. The van der Waals surface area contributed by atoms with Gasteiger partial charge in [0.1, 0.15) is 0 Å². The summed E-state index contributed by atoms with van der Waals surface area (Å²) in [5, 5.41) is 0. The zero-order valence-electron chi connectivity index (χ0n) is 6.87. The number of hydrogen-bond acceptors (Lipinski definition) is 1. The van der Waals surface area contributed by atoms with E-state index in [2.05, 4.69) is 11.1 Å². The number of unbranched alkanes of at least 4 members (excludes halogenated alkanes) is 1. The fourth-order valence-electron chi connectivity index (χ4n) is 0.970. The fourth-order valence-corrected chi connectivity index (χ4v) is 1.16. The molecule has 0 N–H and O–H groups in total. The largest absolute Gasteiger partial charge is 0.264 e. The number of nitrogens with zero attached hydrogens (tertiary/aromatic N) is 1. The highest BCUT2D eigenvalue weighted by Gasteiger charge is 1.90. The quantitative estimate of drug-likeness (QED) is 0.545. The first kappa shape index (κ1) is 11.7. The minimum atomic E-state index is 0. The average molecular weight is 206 g/mol. The van der Waals surface area contributed by atoms with E-state index < -0.39 is 0 Å². The van der Waals surface area contributed by atoms with Gasteiger partial charge in [-0.15, -0.1) is 24.0 Å². The van der Waals surface area contributed by atoms with Crippen molar-refractivity contribution in [2.75, 3.05) is 5.88 Å². The van der Waals surface area contributed by atoms with Gasteiger partial charge in [0.15, 0.2) is 0 Å². The molecule has 1 aromatic rings. The molecule has 0 spiro atoms. The minimum absolute atomic E-state index is 0. The van der Waals surface area contributed by atoms with E-state index in [0.717, 1.165) is 25.1 Å². The molecule has 0 radical (unpaired) electrons. The molecule has 0 aliphatic rings. The van der Waals surface area contributed by atoms with Crippen LogP contribution >= 0.6 is 24.0 Å². The summed E-state index contributed by atoms with van der Waals surface area (Å²) >= 11 is 5.55. The van der Waals surface area contributed by atoms with Crippen LogP contribution in [0.15, 0.2) is 24.5 Å². The molecule has 0 aliphatic carbocycles. The van der Waals surface area contributed by atoms with Crippen LogP contribution in [-0.4, -0.2) is 10.9 Å². The van der Waals surface area contributed by atoms with Crippen LogP contribution in [0.2, 0.25) is 0 Å². The van der Waals surface area contributed by atoms with Crippen molar-refractivity contribution < 1.29 is 0 Å². The highest BCUT2D eigenvalue weighted by atomic mass is 35.5. The van der Waals surface area contributed by atoms with Gasteiger partial charge in [-0.25, -0.2) is 0 Å². The Kier molecular flexibility index (Phi) is 7.22. The molecule has 0 aromatic carbocycles. The number of aromatic nitrogens is 1. The van der Waals surface area contributed by atoms with Crippen LogP contribution in [0.25, 0.3) is 0 Å². The number of rotatable bonds is 4. The summed E-state index contributed by atoms with van der Waals surface area (Å²) in [4.78, 5) is 4.03. The molecule has 0 atom stereocenters. The molecule has 0 aliphatic heterocycles. The third-order valence-electron chi connectivity index (χ3n) is 1.57. The van der Waals surface area contributed by atoms with E-state index in [0.29, 0.717) is 0 Å². The van der Waals surface area contributed by atoms with Crippen LogP contribution in [0.1, 0.15) is 18.4 Å². The summed E-state index contributed by atoms with van der Waals surface area (Å²) in [5.41, 5.74) is 1.30. The van der Waals surface area contributed by atoms with E-state index in [9.17, 15) is 0 Å². The maximum Gasteiger partial charge on any atom is 0.0299 e.